The van der Waals surface area contributed by atoms with Gasteiger partial charge < -0.3 is 33.9 Å². The Morgan fingerprint density at radius 1 is 0.977 bits per heavy atom. The van der Waals surface area contributed by atoms with Crippen LogP contribution in [-0.2, 0) is 38.6 Å². The summed E-state index contributed by atoms with van der Waals surface area (Å²) in [5, 5.41) is 32.1. The van der Waals surface area contributed by atoms with Crippen LogP contribution in [0, 0.1) is 34.5 Å². The summed E-state index contributed by atoms with van der Waals surface area (Å²) in [6, 6.07) is 0. The molecule has 3 saturated carbocycles. The number of rotatable bonds is 7. The number of aliphatic hydroxyl groups is 3. The first-order valence-corrected chi connectivity index (χ1v) is 17.3. The predicted molar refractivity (Wildman–Crippen MR) is 143 cm³/mol. The first-order chi connectivity index (χ1) is 19.3. The van der Waals surface area contributed by atoms with Crippen LogP contribution in [0.4, 0.5) is 0 Å². The zero-order valence-electron chi connectivity index (χ0n) is 26.2. The van der Waals surface area contributed by atoms with Crippen molar-refractivity contribution in [3.05, 3.63) is 11.6 Å². The van der Waals surface area contributed by atoms with Crippen molar-refractivity contribution in [3.8, 4) is 0 Å². The van der Waals surface area contributed by atoms with Crippen LogP contribution in [0.3, 0.4) is 0 Å². The molecule has 5 rings (SSSR count). The van der Waals surface area contributed by atoms with Crippen LogP contribution in [0.2, 0.25) is 0 Å². The Kier molecular flexibility index (Phi) is 12.9. The molecule has 4 aliphatic carbocycles. The molecule has 13 nitrogen and oxygen atoms in total. The summed E-state index contributed by atoms with van der Waals surface area (Å²) in [7, 11) is -10.1. The fourth-order valence-corrected chi connectivity index (χ4v) is 10.4. The van der Waals surface area contributed by atoms with Crippen LogP contribution in [0.25, 0.3) is 0 Å². The van der Waals surface area contributed by atoms with E-state index in [-0.39, 0.29) is 94.6 Å². The number of fused-ring (bicyclic) bond motifs is 5. The molecule has 0 amide bonds. The molecule has 1 heterocycles. The SMILES string of the molecule is CC1OC(O[C@H]2CC3C(=CCC4(C)C3CCC4[C@@H](C)O)C3(C)CCC(OS(=O)(=O)[O-])CC23)C(O)C(O)C1OS(=O)(=O)[O-].[Na+].[Na+]. The van der Waals surface area contributed by atoms with Gasteiger partial charge in [-0.15, -0.1) is 0 Å². The molecule has 1 aliphatic heterocycles. The molecule has 0 aromatic heterocycles. The number of hydrogen-bond donors (Lipinski definition) is 3. The minimum Gasteiger partial charge on any atom is -0.726 e. The van der Waals surface area contributed by atoms with Crippen LogP contribution in [-0.4, -0.2) is 90.3 Å². The van der Waals surface area contributed by atoms with Gasteiger partial charge in [-0.25, -0.2) is 16.8 Å². The van der Waals surface area contributed by atoms with E-state index in [0.717, 1.165) is 19.3 Å². The van der Waals surface area contributed by atoms with E-state index in [1.807, 2.05) is 6.92 Å². The quantitative estimate of drug-likeness (QED) is 0.0995. The fourth-order valence-electron chi connectivity index (χ4n) is 9.30. The Labute approximate surface area is 304 Å². The second kappa shape index (κ2) is 14.3. The molecule has 242 valence electrons. The van der Waals surface area contributed by atoms with Crippen LogP contribution in [0.5, 0.6) is 0 Å². The molecular weight excluding hydrogens is 642 g/mol. The number of ether oxygens (including phenoxy) is 2. The van der Waals surface area contributed by atoms with Crippen molar-refractivity contribution in [2.24, 2.45) is 34.5 Å². The molecule has 4 fully saturated rings. The third kappa shape index (κ3) is 7.69. The zero-order chi connectivity index (χ0) is 31.0. The molecule has 0 bridgehead atoms. The average molecular weight is 685 g/mol. The van der Waals surface area contributed by atoms with Gasteiger partial charge in [-0.2, -0.15) is 0 Å². The normalized spacial score (nSPS) is 46.3. The third-order valence-electron chi connectivity index (χ3n) is 11.2. The molecule has 1 saturated heterocycles. The minimum atomic E-state index is -5.20. The van der Waals surface area contributed by atoms with Gasteiger partial charge >= 0.3 is 59.1 Å². The van der Waals surface area contributed by atoms with Crippen molar-refractivity contribution in [3.63, 3.8) is 0 Å². The fraction of sp³-hybridized carbons (Fsp3) is 0.926. The number of allylic oxidation sites excluding steroid dienone is 2. The van der Waals surface area contributed by atoms with E-state index in [2.05, 4.69) is 24.1 Å². The minimum absolute atomic E-state index is 0. The third-order valence-corrected chi connectivity index (χ3v) is 12.2. The van der Waals surface area contributed by atoms with Gasteiger partial charge in [0, 0.05) is 0 Å². The van der Waals surface area contributed by atoms with Gasteiger partial charge in [-0.1, -0.05) is 25.5 Å². The Morgan fingerprint density at radius 2 is 1.61 bits per heavy atom. The van der Waals surface area contributed by atoms with Crippen LogP contribution >= 0.6 is 0 Å². The second-order valence-electron chi connectivity index (χ2n) is 13.5. The first-order valence-electron chi connectivity index (χ1n) is 14.7. The molecule has 0 aromatic carbocycles. The monoisotopic (exact) mass is 684 g/mol. The molecule has 3 N–H and O–H groups in total. The summed E-state index contributed by atoms with van der Waals surface area (Å²) in [5.41, 5.74) is 0.681. The van der Waals surface area contributed by atoms with E-state index < -0.39 is 75.2 Å². The van der Waals surface area contributed by atoms with E-state index in [0.29, 0.717) is 19.3 Å². The van der Waals surface area contributed by atoms with Gasteiger partial charge in [0.2, 0.25) is 20.8 Å². The standard InChI is InChI=1S/C27H44O13S2.2Na/c1-13(28)17-5-6-18-16-12-21(38-25-23(30)22(29)24(14(2)37-25)40-42(34,35)36)20-11-15(39-41(31,32)33)7-9-27(20,4)19(16)8-10-26(17,18)3;;/h8,13-18,20-25,28-30H,5-7,9-12H2,1-4H3,(H,31,32,33)(H,34,35,36);;/q;2*+1/p-2/t13-,14?,15?,16?,17?,18?,20?,21+,22?,23?,24?,25?,26?,27?;;/m1../s1. The van der Waals surface area contributed by atoms with E-state index in [1.165, 1.54) is 12.5 Å². The van der Waals surface area contributed by atoms with E-state index in [9.17, 15) is 41.3 Å². The maximum Gasteiger partial charge on any atom is 1.00 e. The molecule has 17 heteroatoms. The second-order valence-corrected chi connectivity index (χ2v) is 15.5. The van der Waals surface area contributed by atoms with Gasteiger partial charge in [0.1, 0.15) is 18.3 Å². The van der Waals surface area contributed by atoms with Crippen LogP contribution < -0.4 is 59.1 Å². The van der Waals surface area contributed by atoms with Crippen molar-refractivity contribution >= 4 is 20.8 Å². The summed E-state index contributed by atoms with van der Waals surface area (Å²) in [6.07, 6.45) is -3.20. The molecule has 0 radical (unpaired) electrons. The van der Waals surface area contributed by atoms with E-state index >= 15 is 0 Å². The maximum atomic E-state index is 11.5. The van der Waals surface area contributed by atoms with Gasteiger partial charge in [0.05, 0.1) is 24.4 Å². The van der Waals surface area contributed by atoms with Crippen molar-refractivity contribution in [2.45, 2.75) is 122 Å². The van der Waals surface area contributed by atoms with Crippen molar-refractivity contribution in [2.75, 3.05) is 0 Å². The van der Waals surface area contributed by atoms with Crippen LogP contribution in [0.15, 0.2) is 11.6 Å². The topological polar surface area (TPSA) is 212 Å². The zero-order valence-corrected chi connectivity index (χ0v) is 31.8. The Morgan fingerprint density at radius 3 is 2.20 bits per heavy atom. The van der Waals surface area contributed by atoms with Gasteiger partial charge in [0.25, 0.3) is 0 Å². The first kappa shape index (κ1) is 39.7. The van der Waals surface area contributed by atoms with Gasteiger partial charge in [-0.05, 0) is 93.3 Å². The molecule has 14 atom stereocenters. The summed E-state index contributed by atoms with van der Waals surface area (Å²) < 4.78 is 89.4. The molecule has 0 aromatic rings. The summed E-state index contributed by atoms with van der Waals surface area (Å²) >= 11 is 0. The molecular formula is C27H42Na2O13S2. The predicted octanol–water partition coefficient (Wildman–Crippen LogP) is -4.89. The largest absolute Gasteiger partial charge is 1.00 e. The van der Waals surface area contributed by atoms with Crippen LogP contribution in [0.1, 0.15) is 72.6 Å². The Balaban J connectivity index is 0.00000264. The Bertz CT molecular complexity index is 1280. The molecule has 5 aliphatic rings. The Hall–Kier alpha value is 1.28. The van der Waals surface area contributed by atoms with Crippen molar-refractivity contribution in [1.29, 1.82) is 0 Å². The van der Waals surface area contributed by atoms with E-state index in [1.54, 1.807) is 0 Å². The number of hydrogen-bond acceptors (Lipinski definition) is 13. The average Bonchev–Trinajstić information content (AvgIpc) is 3.22. The smallest absolute Gasteiger partial charge is 0.726 e. The molecule has 0 spiro atoms. The summed E-state index contributed by atoms with van der Waals surface area (Å²) in [4.78, 5) is 0. The van der Waals surface area contributed by atoms with Crippen molar-refractivity contribution in [1.82, 2.24) is 0 Å². The molecule has 44 heavy (non-hydrogen) atoms. The van der Waals surface area contributed by atoms with Crippen molar-refractivity contribution < 1.29 is 118 Å². The van der Waals surface area contributed by atoms with Gasteiger partial charge in [-0.3, -0.25) is 8.37 Å². The molecule has 12 unspecified atom stereocenters. The summed E-state index contributed by atoms with van der Waals surface area (Å²) in [6.45, 7) is 7.55. The maximum absolute atomic E-state index is 11.5. The summed E-state index contributed by atoms with van der Waals surface area (Å²) in [5.74, 6) is 0.117. The van der Waals surface area contributed by atoms with E-state index in [4.69, 9.17) is 13.7 Å². The number of aliphatic hydroxyl groups excluding tert-OH is 3. The van der Waals surface area contributed by atoms with Gasteiger partial charge in [0.15, 0.2) is 6.29 Å².